The molecule has 0 fully saturated rings. The summed E-state index contributed by atoms with van der Waals surface area (Å²) in [5.74, 6) is 0.635. The second kappa shape index (κ2) is 7.04. The molecule has 0 radical (unpaired) electrons. The third kappa shape index (κ3) is 3.28. The maximum absolute atomic E-state index is 6.21. The molecule has 0 amide bonds. The van der Waals surface area contributed by atoms with Crippen LogP contribution >= 0.6 is 11.6 Å². The summed E-state index contributed by atoms with van der Waals surface area (Å²) in [6.45, 7) is 0.730. The van der Waals surface area contributed by atoms with Crippen LogP contribution in [0.4, 0.5) is 0 Å². The molecule has 0 aliphatic carbocycles. The molecule has 3 nitrogen and oxygen atoms in total. The van der Waals surface area contributed by atoms with Crippen molar-refractivity contribution in [3.8, 4) is 11.5 Å². The summed E-state index contributed by atoms with van der Waals surface area (Å²) in [5.41, 5.74) is 3.72. The first-order chi connectivity index (χ1) is 11.3. The summed E-state index contributed by atoms with van der Waals surface area (Å²) in [6, 6.07) is 19.6. The largest absolute Gasteiger partial charge is 1.00 e. The van der Waals surface area contributed by atoms with E-state index in [0.717, 1.165) is 33.8 Å². The average Bonchev–Trinajstić information content (AvgIpc) is 3.02. The van der Waals surface area contributed by atoms with Crippen molar-refractivity contribution in [1.29, 1.82) is 0 Å². The van der Waals surface area contributed by atoms with Crippen molar-refractivity contribution in [1.82, 2.24) is 4.98 Å². The fourth-order valence-electron chi connectivity index (χ4n) is 2.52. The molecule has 0 spiro atoms. The maximum Gasteiger partial charge on any atom is 0.227 e. The predicted molar refractivity (Wildman–Crippen MR) is 90.2 cm³/mol. The lowest BCUT2D eigenvalue weighted by Crippen LogP contribution is -3.00. The molecule has 0 aliphatic heterocycles. The fraction of sp³-hybridized carbons (Fsp3) is 0.0526. The molecule has 5 heteroatoms. The minimum Gasteiger partial charge on any atom is -1.00 e. The van der Waals surface area contributed by atoms with Crippen LogP contribution in [-0.2, 0) is 6.54 Å². The maximum atomic E-state index is 6.21. The van der Waals surface area contributed by atoms with Gasteiger partial charge in [0.05, 0.1) is 5.02 Å². The van der Waals surface area contributed by atoms with Crippen molar-refractivity contribution in [2.45, 2.75) is 6.54 Å². The number of pyridine rings is 1. The van der Waals surface area contributed by atoms with Crippen LogP contribution in [0.25, 0.3) is 22.6 Å². The Morgan fingerprint density at radius 2 is 1.62 bits per heavy atom. The summed E-state index contributed by atoms with van der Waals surface area (Å²) in [5, 5.41) is 0.781. The Morgan fingerprint density at radius 1 is 0.917 bits per heavy atom. The van der Waals surface area contributed by atoms with E-state index in [9.17, 15) is 0 Å². The van der Waals surface area contributed by atoms with Crippen molar-refractivity contribution in [2.24, 2.45) is 0 Å². The van der Waals surface area contributed by atoms with Crippen molar-refractivity contribution < 1.29 is 21.4 Å². The van der Waals surface area contributed by atoms with Gasteiger partial charge >= 0.3 is 0 Å². The lowest BCUT2D eigenvalue weighted by atomic mass is 10.2. The SMILES string of the molecule is Clc1ccccc1C[n+]1ccc(-c2nc3ccccc3o2)cc1.[Cl-]. The molecule has 0 unspecified atom stereocenters. The Bertz CT molecular complexity index is 931. The van der Waals surface area contributed by atoms with Crippen molar-refractivity contribution in [2.75, 3.05) is 0 Å². The molecule has 120 valence electrons. The second-order valence-corrected chi connectivity index (χ2v) is 5.74. The molecule has 0 saturated carbocycles. The van der Waals surface area contributed by atoms with Crippen LogP contribution in [0, 0.1) is 0 Å². The van der Waals surface area contributed by atoms with E-state index in [2.05, 4.69) is 9.55 Å². The van der Waals surface area contributed by atoms with Gasteiger partial charge < -0.3 is 16.8 Å². The molecule has 0 aliphatic rings. The zero-order valence-corrected chi connectivity index (χ0v) is 14.2. The van der Waals surface area contributed by atoms with Crippen LogP contribution in [-0.4, -0.2) is 4.98 Å². The molecule has 0 N–H and O–H groups in total. The number of aromatic nitrogens is 2. The van der Waals surface area contributed by atoms with Gasteiger partial charge in [-0.25, -0.2) is 9.55 Å². The van der Waals surface area contributed by atoms with Crippen LogP contribution in [0.3, 0.4) is 0 Å². The molecular formula is C19H14Cl2N2O. The van der Waals surface area contributed by atoms with Gasteiger partial charge in [-0.3, -0.25) is 0 Å². The first-order valence-electron chi connectivity index (χ1n) is 7.38. The van der Waals surface area contributed by atoms with Crippen molar-refractivity contribution >= 4 is 22.7 Å². The Labute approximate surface area is 150 Å². The molecule has 0 saturated heterocycles. The van der Waals surface area contributed by atoms with E-state index in [1.807, 2.05) is 73.1 Å². The van der Waals surface area contributed by atoms with Gasteiger partial charge in [0.25, 0.3) is 0 Å². The number of fused-ring (bicyclic) bond motifs is 1. The van der Waals surface area contributed by atoms with E-state index in [4.69, 9.17) is 16.0 Å². The molecule has 2 aromatic heterocycles. The Balaban J connectivity index is 0.00000169. The normalized spacial score (nSPS) is 10.5. The first kappa shape index (κ1) is 16.5. The highest BCUT2D eigenvalue weighted by molar-refractivity contribution is 6.31. The fourth-order valence-corrected chi connectivity index (χ4v) is 2.72. The Kier molecular flexibility index (Phi) is 4.84. The smallest absolute Gasteiger partial charge is 0.227 e. The van der Waals surface area contributed by atoms with Gasteiger partial charge in [-0.15, -0.1) is 0 Å². The summed E-state index contributed by atoms with van der Waals surface area (Å²) in [4.78, 5) is 4.51. The van der Waals surface area contributed by atoms with Crippen LogP contribution < -0.4 is 17.0 Å². The zero-order chi connectivity index (χ0) is 15.6. The van der Waals surface area contributed by atoms with E-state index in [0.29, 0.717) is 5.89 Å². The number of oxazole rings is 1. The van der Waals surface area contributed by atoms with Crippen LogP contribution in [0.2, 0.25) is 5.02 Å². The van der Waals surface area contributed by atoms with Crippen LogP contribution in [0.15, 0.2) is 77.5 Å². The molecule has 4 rings (SSSR count). The monoisotopic (exact) mass is 356 g/mol. The van der Waals surface area contributed by atoms with Gasteiger partial charge in [0.15, 0.2) is 24.5 Å². The standard InChI is InChI=1S/C19H14ClN2O.ClH/c20-16-6-2-1-5-15(16)13-22-11-9-14(10-12-22)19-21-17-7-3-4-8-18(17)23-19;/h1-12H,13H2;1H/q+1;/p-1. The summed E-state index contributed by atoms with van der Waals surface area (Å²) in [7, 11) is 0. The number of halogens is 2. The van der Waals surface area contributed by atoms with Crippen molar-refractivity contribution in [3.05, 3.63) is 83.6 Å². The Hall–Kier alpha value is -2.36. The van der Waals surface area contributed by atoms with Gasteiger partial charge in [-0.05, 0) is 18.2 Å². The van der Waals surface area contributed by atoms with E-state index in [1.165, 1.54) is 0 Å². The van der Waals surface area contributed by atoms with Crippen molar-refractivity contribution in [3.63, 3.8) is 0 Å². The van der Waals surface area contributed by atoms with Gasteiger partial charge in [0, 0.05) is 23.3 Å². The number of benzene rings is 2. The first-order valence-corrected chi connectivity index (χ1v) is 7.76. The summed E-state index contributed by atoms with van der Waals surface area (Å²) < 4.78 is 7.87. The lowest BCUT2D eigenvalue weighted by Gasteiger charge is -2.00. The Morgan fingerprint density at radius 3 is 2.38 bits per heavy atom. The van der Waals surface area contributed by atoms with Crippen LogP contribution in [0.5, 0.6) is 0 Å². The average molecular weight is 357 g/mol. The topological polar surface area (TPSA) is 29.9 Å². The van der Waals surface area contributed by atoms with Gasteiger partial charge in [-0.1, -0.05) is 41.9 Å². The predicted octanol–water partition coefficient (Wildman–Crippen LogP) is 1.49. The molecule has 2 aromatic carbocycles. The van der Waals surface area contributed by atoms with Gasteiger partial charge in [0.2, 0.25) is 5.89 Å². The van der Waals surface area contributed by atoms with E-state index in [-0.39, 0.29) is 12.4 Å². The number of nitrogens with zero attached hydrogens (tertiary/aromatic N) is 2. The summed E-state index contributed by atoms with van der Waals surface area (Å²) >= 11 is 6.21. The lowest BCUT2D eigenvalue weighted by molar-refractivity contribution is -0.688. The molecule has 24 heavy (non-hydrogen) atoms. The third-order valence-electron chi connectivity index (χ3n) is 3.74. The van der Waals surface area contributed by atoms with Crippen LogP contribution in [0.1, 0.15) is 5.56 Å². The van der Waals surface area contributed by atoms with Gasteiger partial charge in [0.1, 0.15) is 5.52 Å². The van der Waals surface area contributed by atoms with Gasteiger partial charge in [-0.2, -0.15) is 0 Å². The number of hydrogen-bond donors (Lipinski definition) is 0. The minimum atomic E-state index is 0. The third-order valence-corrected chi connectivity index (χ3v) is 4.11. The van der Waals surface area contributed by atoms with E-state index >= 15 is 0 Å². The zero-order valence-electron chi connectivity index (χ0n) is 12.7. The number of para-hydroxylation sites is 2. The number of rotatable bonds is 3. The van der Waals surface area contributed by atoms with E-state index < -0.39 is 0 Å². The minimum absolute atomic E-state index is 0. The quantitative estimate of drug-likeness (QED) is 0.520. The highest BCUT2D eigenvalue weighted by Crippen LogP contribution is 2.23. The molecule has 2 heterocycles. The molecular weight excluding hydrogens is 343 g/mol. The molecule has 4 aromatic rings. The number of hydrogen-bond acceptors (Lipinski definition) is 2. The highest BCUT2D eigenvalue weighted by Gasteiger charge is 2.11. The highest BCUT2D eigenvalue weighted by atomic mass is 35.5. The molecule has 0 atom stereocenters. The van der Waals surface area contributed by atoms with E-state index in [1.54, 1.807) is 0 Å². The molecule has 0 bridgehead atoms. The second-order valence-electron chi connectivity index (χ2n) is 5.34. The summed E-state index contributed by atoms with van der Waals surface area (Å²) in [6.07, 6.45) is 4.01.